The van der Waals surface area contributed by atoms with E-state index in [0.717, 1.165) is 25.1 Å². The van der Waals surface area contributed by atoms with Crippen LogP contribution in [0.25, 0.3) is 0 Å². The molecule has 23 heavy (non-hydrogen) atoms. The van der Waals surface area contributed by atoms with Crippen molar-refractivity contribution >= 4 is 17.4 Å². The zero-order valence-electron chi connectivity index (χ0n) is 13.4. The van der Waals surface area contributed by atoms with Crippen molar-refractivity contribution in [3.63, 3.8) is 0 Å². The van der Waals surface area contributed by atoms with Crippen LogP contribution in [0.1, 0.15) is 18.9 Å². The SMILES string of the molecule is CCC(COc1ccccc1)OC(=S)NCCc1ccccc1. The Hall–Kier alpha value is -2.07. The summed E-state index contributed by atoms with van der Waals surface area (Å²) in [7, 11) is 0. The standard InChI is InChI=1S/C19H23NO2S/c1-2-17(15-21-18-11-7-4-8-12-18)22-19(23)20-14-13-16-9-5-3-6-10-16/h3-12,17H,2,13-15H2,1H3,(H,20,23). The van der Waals surface area contributed by atoms with Crippen LogP contribution >= 0.6 is 12.2 Å². The molecule has 0 bridgehead atoms. The zero-order chi connectivity index (χ0) is 16.3. The summed E-state index contributed by atoms with van der Waals surface area (Å²) < 4.78 is 11.5. The average molecular weight is 329 g/mol. The van der Waals surface area contributed by atoms with Crippen LogP contribution in [0.3, 0.4) is 0 Å². The number of thiocarbonyl (C=S) groups is 1. The van der Waals surface area contributed by atoms with Gasteiger partial charge in [0.2, 0.25) is 0 Å². The number of rotatable bonds is 8. The fourth-order valence-corrected chi connectivity index (χ4v) is 2.33. The Morgan fingerprint density at radius 3 is 2.35 bits per heavy atom. The first-order valence-corrected chi connectivity index (χ1v) is 8.35. The van der Waals surface area contributed by atoms with E-state index in [1.54, 1.807) is 0 Å². The normalized spacial score (nSPS) is 11.5. The van der Waals surface area contributed by atoms with Crippen LogP contribution in [0, 0.1) is 0 Å². The molecular formula is C19H23NO2S. The first-order valence-electron chi connectivity index (χ1n) is 7.94. The average Bonchev–Trinajstić information content (AvgIpc) is 2.60. The van der Waals surface area contributed by atoms with Gasteiger partial charge in [-0.05, 0) is 42.8 Å². The van der Waals surface area contributed by atoms with Crippen molar-refractivity contribution in [1.82, 2.24) is 5.32 Å². The van der Waals surface area contributed by atoms with Crippen molar-refractivity contribution in [2.75, 3.05) is 13.2 Å². The smallest absolute Gasteiger partial charge is 0.257 e. The van der Waals surface area contributed by atoms with E-state index in [-0.39, 0.29) is 6.10 Å². The van der Waals surface area contributed by atoms with Crippen LogP contribution in [0.5, 0.6) is 5.75 Å². The highest BCUT2D eigenvalue weighted by Crippen LogP contribution is 2.10. The van der Waals surface area contributed by atoms with E-state index in [1.807, 2.05) is 48.5 Å². The molecule has 3 nitrogen and oxygen atoms in total. The van der Waals surface area contributed by atoms with Gasteiger partial charge in [-0.15, -0.1) is 0 Å². The quantitative estimate of drug-likeness (QED) is 0.742. The van der Waals surface area contributed by atoms with Gasteiger partial charge in [0, 0.05) is 6.54 Å². The van der Waals surface area contributed by atoms with Gasteiger partial charge in [0.1, 0.15) is 18.5 Å². The predicted octanol–water partition coefficient (Wildman–Crippen LogP) is 3.98. The molecular weight excluding hydrogens is 306 g/mol. The minimum Gasteiger partial charge on any atom is -0.490 e. The Morgan fingerprint density at radius 2 is 1.70 bits per heavy atom. The Morgan fingerprint density at radius 1 is 1.04 bits per heavy atom. The summed E-state index contributed by atoms with van der Waals surface area (Å²) in [6.45, 7) is 3.31. The molecule has 2 aromatic carbocycles. The third-order valence-electron chi connectivity index (χ3n) is 3.43. The lowest BCUT2D eigenvalue weighted by Crippen LogP contribution is -2.32. The monoisotopic (exact) mass is 329 g/mol. The van der Waals surface area contributed by atoms with Gasteiger partial charge in [0.05, 0.1) is 0 Å². The maximum atomic E-state index is 5.75. The Labute approximate surface area is 143 Å². The van der Waals surface area contributed by atoms with Gasteiger partial charge >= 0.3 is 0 Å². The van der Waals surface area contributed by atoms with Crippen LogP contribution in [-0.4, -0.2) is 24.4 Å². The summed E-state index contributed by atoms with van der Waals surface area (Å²) in [4.78, 5) is 0. The zero-order valence-corrected chi connectivity index (χ0v) is 14.2. The molecule has 0 radical (unpaired) electrons. The van der Waals surface area contributed by atoms with Gasteiger partial charge in [-0.1, -0.05) is 55.5 Å². The molecule has 1 N–H and O–H groups in total. The van der Waals surface area contributed by atoms with Crippen molar-refractivity contribution in [2.24, 2.45) is 0 Å². The van der Waals surface area contributed by atoms with Crippen molar-refractivity contribution in [2.45, 2.75) is 25.9 Å². The van der Waals surface area contributed by atoms with Crippen LogP contribution in [0.2, 0.25) is 0 Å². The topological polar surface area (TPSA) is 30.5 Å². The molecule has 1 unspecified atom stereocenters. The highest BCUT2D eigenvalue weighted by atomic mass is 32.1. The van der Waals surface area contributed by atoms with Gasteiger partial charge in [0.15, 0.2) is 0 Å². The second kappa shape index (κ2) is 9.85. The van der Waals surface area contributed by atoms with E-state index in [2.05, 4.69) is 24.4 Å². The minimum absolute atomic E-state index is 0.0491. The van der Waals surface area contributed by atoms with Crippen molar-refractivity contribution in [3.8, 4) is 5.75 Å². The van der Waals surface area contributed by atoms with Crippen LogP contribution in [0.4, 0.5) is 0 Å². The third-order valence-corrected chi connectivity index (χ3v) is 3.67. The molecule has 0 aromatic heterocycles. The van der Waals surface area contributed by atoms with Crippen molar-refractivity contribution in [1.29, 1.82) is 0 Å². The Kier molecular flexibility index (Phi) is 7.40. The van der Waals surface area contributed by atoms with Crippen molar-refractivity contribution in [3.05, 3.63) is 66.2 Å². The Bertz CT molecular complexity index is 574. The fourth-order valence-electron chi connectivity index (χ4n) is 2.09. The van der Waals surface area contributed by atoms with Crippen LogP contribution in [0.15, 0.2) is 60.7 Å². The van der Waals surface area contributed by atoms with Gasteiger partial charge in [-0.2, -0.15) is 0 Å². The summed E-state index contributed by atoms with van der Waals surface area (Å²) in [5.41, 5.74) is 1.28. The van der Waals surface area contributed by atoms with Crippen LogP contribution in [-0.2, 0) is 11.2 Å². The Balaban J connectivity index is 1.67. The largest absolute Gasteiger partial charge is 0.490 e. The molecule has 0 heterocycles. The van der Waals surface area contributed by atoms with Gasteiger partial charge in [0.25, 0.3) is 5.17 Å². The first-order chi connectivity index (χ1) is 11.3. The second-order valence-electron chi connectivity index (χ2n) is 5.22. The van der Waals surface area contributed by atoms with E-state index >= 15 is 0 Å². The molecule has 2 rings (SSSR count). The summed E-state index contributed by atoms with van der Waals surface area (Å²) in [5.74, 6) is 0.845. The molecule has 1 atom stereocenters. The number of para-hydroxylation sites is 1. The molecule has 0 saturated heterocycles. The van der Waals surface area contributed by atoms with Gasteiger partial charge in [-0.25, -0.2) is 0 Å². The second-order valence-corrected chi connectivity index (χ2v) is 5.59. The lowest BCUT2D eigenvalue weighted by Gasteiger charge is -2.19. The van der Waals surface area contributed by atoms with E-state index in [9.17, 15) is 0 Å². The molecule has 0 amide bonds. The first kappa shape index (κ1) is 17.3. The maximum absolute atomic E-state index is 5.75. The number of hydrogen-bond donors (Lipinski definition) is 1. The number of ether oxygens (including phenoxy) is 2. The maximum Gasteiger partial charge on any atom is 0.257 e. The molecule has 0 spiro atoms. The lowest BCUT2D eigenvalue weighted by molar-refractivity contribution is 0.113. The van der Waals surface area contributed by atoms with E-state index < -0.39 is 0 Å². The highest BCUT2D eigenvalue weighted by molar-refractivity contribution is 7.80. The minimum atomic E-state index is -0.0491. The summed E-state index contributed by atoms with van der Waals surface area (Å²) in [5, 5.41) is 3.58. The van der Waals surface area contributed by atoms with Crippen molar-refractivity contribution < 1.29 is 9.47 Å². The van der Waals surface area contributed by atoms with E-state index in [4.69, 9.17) is 21.7 Å². The number of nitrogens with one attached hydrogen (secondary N) is 1. The predicted molar refractivity (Wildman–Crippen MR) is 97.8 cm³/mol. The third kappa shape index (κ3) is 6.70. The molecule has 0 aliphatic heterocycles. The van der Waals surface area contributed by atoms with Crippen LogP contribution < -0.4 is 10.1 Å². The van der Waals surface area contributed by atoms with E-state index in [1.165, 1.54) is 5.56 Å². The molecule has 0 aliphatic carbocycles. The van der Waals surface area contributed by atoms with E-state index in [0.29, 0.717) is 11.8 Å². The molecule has 2 aromatic rings. The molecule has 4 heteroatoms. The molecule has 0 saturated carbocycles. The summed E-state index contributed by atoms with van der Waals surface area (Å²) in [6, 6.07) is 20.0. The number of benzene rings is 2. The van der Waals surface area contributed by atoms with Gasteiger partial charge in [-0.3, -0.25) is 0 Å². The molecule has 122 valence electrons. The lowest BCUT2D eigenvalue weighted by atomic mass is 10.1. The number of hydrogen-bond acceptors (Lipinski definition) is 3. The summed E-state index contributed by atoms with van der Waals surface area (Å²) >= 11 is 5.25. The fraction of sp³-hybridized carbons (Fsp3) is 0.316. The molecule has 0 aliphatic rings. The summed E-state index contributed by atoms with van der Waals surface area (Å²) in [6.07, 6.45) is 1.71. The molecule has 0 fully saturated rings. The highest BCUT2D eigenvalue weighted by Gasteiger charge is 2.11. The van der Waals surface area contributed by atoms with Gasteiger partial charge < -0.3 is 14.8 Å².